The monoisotopic (exact) mass is 479 g/mol. The van der Waals surface area contributed by atoms with E-state index < -0.39 is 6.04 Å². The quantitative estimate of drug-likeness (QED) is 0.639. The molecule has 2 unspecified atom stereocenters. The van der Waals surface area contributed by atoms with Crippen LogP contribution in [0.15, 0.2) is 42.5 Å². The fourth-order valence-corrected chi connectivity index (χ4v) is 5.24. The van der Waals surface area contributed by atoms with Crippen molar-refractivity contribution in [1.82, 2.24) is 15.1 Å². The normalized spacial score (nSPS) is 18.3. The number of fused-ring (bicyclic) bond motifs is 1. The van der Waals surface area contributed by atoms with Crippen LogP contribution in [0.25, 0.3) is 0 Å². The number of nitrogens with zero attached hydrogens (tertiary/aromatic N) is 2. The lowest BCUT2D eigenvalue weighted by atomic mass is 9.88. The van der Waals surface area contributed by atoms with Gasteiger partial charge in [0.2, 0.25) is 5.91 Å². The van der Waals surface area contributed by atoms with Gasteiger partial charge in [-0.05, 0) is 60.4 Å². The zero-order valence-electron chi connectivity index (χ0n) is 21.3. The maximum atomic E-state index is 13.8. The molecule has 1 N–H and O–H groups in total. The van der Waals surface area contributed by atoms with E-state index in [4.69, 9.17) is 9.47 Å². The van der Waals surface area contributed by atoms with E-state index in [1.165, 1.54) is 0 Å². The summed E-state index contributed by atoms with van der Waals surface area (Å²) in [5, 5.41) is 3.12. The Labute approximate surface area is 208 Å². The van der Waals surface area contributed by atoms with E-state index in [2.05, 4.69) is 19.2 Å². The number of carbonyl (C=O) groups is 2. The van der Waals surface area contributed by atoms with Crippen LogP contribution >= 0.6 is 0 Å². The molecule has 3 amide bonds. The Balaban J connectivity index is 1.66. The molecule has 0 aliphatic carbocycles. The number of nitrogens with one attached hydrogen (secondary N) is 1. The van der Waals surface area contributed by atoms with Gasteiger partial charge >= 0.3 is 6.03 Å². The standard InChI is InChI=1S/C28H37N3O4/c1-19(2)16-23(27(32)30-13-8-9-14-30)29-28(33)31-15-12-21-17-24(34-3)25(35-4)18-22(21)26(31)20-10-6-5-7-11-20/h5-7,10-11,17-19,23,26H,8-9,12-16H2,1-4H3,(H,29,33). The summed E-state index contributed by atoms with van der Waals surface area (Å²) in [7, 11) is 3.25. The Morgan fingerprint density at radius 2 is 1.66 bits per heavy atom. The molecule has 0 saturated carbocycles. The number of urea groups is 1. The highest BCUT2D eigenvalue weighted by Gasteiger charge is 2.36. The zero-order valence-corrected chi connectivity index (χ0v) is 21.3. The van der Waals surface area contributed by atoms with Crippen LogP contribution < -0.4 is 14.8 Å². The van der Waals surface area contributed by atoms with Gasteiger partial charge in [-0.2, -0.15) is 0 Å². The molecule has 2 aromatic rings. The third-order valence-electron chi connectivity index (χ3n) is 6.97. The van der Waals surface area contributed by atoms with Gasteiger partial charge < -0.3 is 24.6 Å². The molecule has 188 valence electrons. The molecule has 0 radical (unpaired) electrons. The molecule has 1 fully saturated rings. The van der Waals surface area contributed by atoms with Crippen LogP contribution in [0.2, 0.25) is 0 Å². The van der Waals surface area contributed by atoms with Gasteiger partial charge in [-0.1, -0.05) is 44.2 Å². The van der Waals surface area contributed by atoms with Crippen LogP contribution in [0.5, 0.6) is 11.5 Å². The number of benzene rings is 2. The molecular weight excluding hydrogens is 442 g/mol. The van der Waals surface area contributed by atoms with Crippen molar-refractivity contribution in [2.45, 2.75) is 51.6 Å². The van der Waals surface area contributed by atoms with E-state index in [-0.39, 0.29) is 23.9 Å². The molecule has 7 nitrogen and oxygen atoms in total. The fourth-order valence-electron chi connectivity index (χ4n) is 5.24. The van der Waals surface area contributed by atoms with E-state index in [0.717, 1.165) is 42.6 Å². The lowest BCUT2D eigenvalue weighted by molar-refractivity contribution is -0.132. The molecule has 0 spiro atoms. The Morgan fingerprint density at radius 3 is 2.29 bits per heavy atom. The molecule has 2 aliphatic rings. The van der Waals surface area contributed by atoms with Crippen molar-refractivity contribution in [3.8, 4) is 11.5 Å². The number of ether oxygens (including phenoxy) is 2. The topological polar surface area (TPSA) is 71.1 Å². The van der Waals surface area contributed by atoms with Crippen molar-refractivity contribution in [2.75, 3.05) is 33.9 Å². The summed E-state index contributed by atoms with van der Waals surface area (Å²) in [6.45, 7) is 6.25. The molecule has 2 aromatic carbocycles. The SMILES string of the molecule is COc1cc2c(cc1OC)C(c1ccccc1)N(C(=O)NC(CC(C)C)C(=O)N1CCCC1)CC2. The number of likely N-dealkylation sites (tertiary alicyclic amines) is 1. The van der Waals surface area contributed by atoms with Crippen LogP contribution in [0, 0.1) is 5.92 Å². The van der Waals surface area contributed by atoms with E-state index in [0.29, 0.717) is 30.9 Å². The largest absolute Gasteiger partial charge is 0.493 e. The van der Waals surface area contributed by atoms with Gasteiger partial charge in [-0.25, -0.2) is 4.79 Å². The van der Waals surface area contributed by atoms with E-state index in [9.17, 15) is 9.59 Å². The Hall–Kier alpha value is -3.22. The molecule has 0 aromatic heterocycles. The van der Waals surface area contributed by atoms with Gasteiger partial charge in [0, 0.05) is 19.6 Å². The number of hydrogen-bond acceptors (Lipinski definition) is 4. The summed E-state index contributed by atoms with van der Waals surface area (Å²) in [6.07, 6.45) is 3.37. The van der Waals surface area contributed by atoms with Crippen molar-refractivity contribution in [1.29, 1.82) is 0 Å². The third-order valence-corrected chi connectivity index (χ3v) is 6.97. The molecule has 2 heterocycles. The fraction of sp³-hybridized carbons (Fsp3) is 0.500. The van der Waals surface area contributed by atoms with Crippen molar-refractivity contribution >= 4 is 11.9 Å². The summed E-state index contributed by atoms with van der Waals surface area (Å²) in [5.41, 5.74) is 3.16. The van der Waals surface area contributed by atoms with Gasteiger partial charge in [-0.3, -0.25) is 4.79 Å². The number of rotatable bonds is 7. The second-order valence-corrected chi connectivity index (χ2v) is 9.83. The molecular formula is C28H37N3O4. The Morgan fingerprint density at radius 1 is 1.00 bits per heavy atom. The molecule has 4 rings (SSSR count). The molecule has 2 atom stereocenters. The van der Waals surface area contributed by atoms with Crippen LogP contribution in [0.4, 0.5) is 4.79 Å². The predicted molar refractivity (Wildman–Crippen MR) is 136 cm³/mol. The second kappa shape index (κ2) is 11.0. The first kappa shape index (κ1) is 24.9. The maximum Gasteiger partial charge on any atom is 0.318 e. The smallest absolute Gasteiger partial charge is 0.318 e. The number of hydrogen-bond donors (Lipinski definition) is 1. The first-order valence-electron chi connectivity index (χ1n) is 12.6. The summed E-state index contributed by atoms with van der Waals surface area (Å²) in [5.74, 6) is 1.64. The van der Waals surface area contributed by atoms with E-state index in [1.807, 2.05) is 52.3 Å². The minimum atomic E-state index is -0.524. The average molecular weight is 480 g/mol. The van der Waals surface area contributed by atoms with Crippen molar-refractivity contribution in [2.24, 2.45) is 5.92 Å². The van der Waals surface area contributed by atoms with Crippen LogP contribution in [-0.4, -0.2) is 61.6 Å². The second-order valence-electron chi connectivity index (χ2n) is 9.83. The first-order chi connectivity index (χ1) is 16.9. The number of methoxy groups -OCH3 is 2. The van der Waals surface area contributed by atoms with Crippen molar-refractivity contribution in [3.05, 3.63) is 59.2 Å². The molecule has 35 heavy (non-hydrogen) atoms. The molecule has 1 saturated heterocycles. The number of amides is 3. The van der Waals surface area contributed by atoms with E-state index >= 15 is 0 Å². The Kier molecular flexibility index (Phi) is 7.83. The maximum absolute atomic E-state index is 13.8. The van der Waals surface area contributed by atoms with Gasteiger partial charge in [0.1, 0.15) is 6.04 Å². The minimum Gasteiger partial charge on any atom is -0.493 e. The van der Waals surface area contributed by atoms with Gasteiger partial charge in [0.05, 0.1) is 20.3 Å². The molecule has 7 heteroatoms. The highest BCUT2D eigenvalue weighted by Crippen LogP contribution is 2.41. The van der Waals surface area contributed by atoms with Crippen LogP contribution in [0.3, 0.4) is 0 Å². The zero-order chi connectivity index (χ0) is 24.9. The lowest BCUT2D eigenvalue weighted by Gasteiger charge is -2.39. The predicted octanol–water partition coefficient (Wildman–Crippen LogP) is 4.40. The summed E-state index contributed by atoms with van der Waals surface area (Å²) in [4.78, 5) is 30.8. The van der Waals surface area contributed by atoms with Crippen molar-refractivity contribution < 1.29 is 19.1 Å². The molecule has 2 aliphatic heterocycles. The van der Waals surface area contributed by atoms with Crippen molar-refractivity contribution in [3.63, 3.8) is 0 Å². The average Bonchev–Trinajstić information content (AvgIpc) is 3.41. The number of carbonyl (C=O) groups excluding carboxylic acids is 2. The highest BCUT2D eigenvalue weighted by atomic mass is 16.5. The van der Waals surface area contributed by atoms with Gasteiger partial charge in [0.25, 0.3) is 0 Å². The first-order valence-corrected chi connectivity index (χ1v) is 12.6. The lowest BCUT2D eigenvalue weighted by Crippen LogP contribution is -2.54. The Bertz CT molecular complexity index is 1030. The van der Waals surface area contributed by atoms with E-state index in [1.54, 1.807) is 14.2 Å². The summed E-state index contributed by atoms with van der Waals surface area (Å²) in [6, 6.07) is 13.0. The minimum absolute atomic E-state index is 0.0321. The van der Waals surface area contributed by atoms with Crippen LogP contribution in [0.1, 0.15) is 55.8 Å². The van der Waals surface area contributed by atoms with Crippen LogP contribution in [-0.2, 0) is 11.2 Å². The summed E-state index contributed by atoms with van der Waals surface area (Å²) >= 11 is 0. The molecule has 0 bridgehead atoms. The summed E-state index contributed by atoms with van der Waals surface area (Å²) < 4.78 is 11.1. The highest BCUT2D eigenvalue weighted by molar-refractivity contribution is 5.87. The van der Waals surface area contributed by atoms with Gasteiger partial charge in [0.15, 0.2) is 11.5 Å². The third kappa shape index (κ3) is 5.39. The van der Waals surface area contributed by atoms with Gasteiger partial charge in [-0.15, -0.1) is 0 Å².